The molecule has 98 valence electrons. The first-order valence-electron chi connectivity index (χ1n) is 6.83. The molecule has 1 N–H and O–H groups in total. The van der Waals surface area contributed by atoms with Crippen LogP contribution >= 0.6 is 0 Å². The topological polar surface area (TPSA) is 15.3 Å². The Morgan fingerprint density at radius 1 is 1.06 bits per heavy atom. The second-order valence-electron chi connectivity index (χ2n) is 5.95. The molecule has 0 radical (unpaired) electrons. The van der Waals surface area contributed by atoms with Gasteiger partial charge in [-0.2, -0.15) is 0 Å². The molecule has 0 aromatic heterocycles. The average Bonchev–Trinajstić information content (AvgIpc) is 2.16. The molecule has 0 saturated heterocycles. The van der Waals surface area contributed by atoms with Crippen LogP contribution in [-0.4, -0.2) is 38.6 Å². The molecule has 0 aliphatic heterocycles. The fraction of sp³-hybridized carbons (Fsp3) is 1.00. The van der Waals surface area contributed by atoms with Crippen molar-refractivity contribution >= 4 is 0 Å². The third-order valence-corrected chi connectivity index (χ3v) is 3.02. The normalized spacial score (nSPS) is 12.4. The van der Waals surface area contributed by atoms with E-state index in [0.29, 0.717) is 5.41 Å². The van der Waals surface area contributed by atoms with Gasteiger partial charge in [0.2, 0.25) is 0 Å². The van der Waals surface area contributed by atoms with Crippen molar-refractivity contribution < 1.29 is 0 Å². The smallest absolute Gasteiger partial charge is 0.000252 e. The molecule has 0 spiro atoms. The van der Waals surface area contributed by atoms with Crippen molar-refractivity contribution in [1.82, 2.24) is 10.2 Å². The van der Waals surface area contributed by atoms with Crippen LogP contribution in [0.15, 0.2) is 0 Å². The summed E-state index contributed by atoms with van der Waals surface area (Å²) in [5, 5.41) is 3.58. The Hall–Kier alpha value is -0.0800. The van der Waals surface area contributed by atoms with Gasteiger partial charge >= 0.3 is 0 Å². The highest BCUT2D eigenvalue weighted by Gasteiger charge is 2.16. The number of rotatable bonds is 10. The lowest BCUT2D eigenvalue weighted by atomic mass is 9.87. The van der Waals surface area contributed by atoms with Gasteiger partial charge in [-0.05, 0) is 45.4 Å². The maximum absolute atomic E-state index is 3.58. The average molecular weight is 228 g/mol. The summed E-state index contributed by atoms with van der Waals surface area (Å²) in [6.07, 6.45) is 6.68. The van der Waals surface area contributed by atoms with Gasteiger partial charge in [-0.3, -0.25) is 0 Å². The summed E-state index contributed by atoms with van der Waals surface area (Å²) in [5.74, 6) is 0. The van der Waals surface area contributed by atoms with E-state index in [1.165, 1.54) is 38.6 Å². The molecule has 0 bridgehead atoms. The van der Waals surface area contributed by atoms with E-state index in [2.05, 4.69) is 45.1 Å². The predicted molar refractivity (Wildman–Crippen MR) is 74.0 cm³/mol. The third-order valence-electron chi connectivity index (χ3n) is 3.02. The van der Waals surface area contributed by atoms with E-state index in [9.17, 15) is 0 Å². The predicted octanol–water partition coefficient (Wildman–Crippen LogP) is 3.13. The van der Waals surface area contributed by atoms with Gasteiger partial charge in [0.05, 0.1) is 0 Å². The van der Waals surface area contributed by atoms with Crippen molar-refractivity contribution in [2.75, 3.05) is 33.7 Å². The largest absolute Gasteiger partial charge is 0.316 e. The molecule has 0 aromatic carbocycles. The van der Waals surface area contributed by atoms with Crippen molar-refractivity contribution in [3.05, 3.63) is 0 Å². The Balaban J connectivity index is 3.42. The minimum atomic E-state index is 0.466. The molecule has 0 aliphatic rings. The Bertz CT molecular complexity index is 153. The molecule has 0 saturated carbocycles. The van der Waals surface area contributed by atoms with Crippen LogP contribution in [-0.2, 0) is 0 Å². The molecule has 0 aliphatic carbocycles. The summed E-state index contributed by atoms with van der Waals surface area (Å²) in [6.45, 7) is 10.5. The zero-order valence-electron chi connectivity index (χ0n) is 12.1. The lowest BCUT2D eigenvalue weighted by Gasteiger charge is -2.25. The SMILES string of the molecule is CCCCCC(C)(C)CNCCCN(C)C. The van der Waals surface area contributed by atoms with Crippen LogP contribution in [0.25, 0.3) is 0 Å². The molecule has 0 aromatic rings. The molecule has 2 heteroatoms. The van der Waals surface area contributed by atoms with Crippen LogP contribution in [0.1, 0.15) is 52.9 Å². The van der Waals surface area contributed by atoms with Crippen LogP contribution in [0, 0.1) is 5.41 Å². The quantitative estimate of drug-likeness (QED) is 0.578. The fourth-order valence-corrected chi connectivity index (χ4v) is 1.89. The maximum Gasteiger partial charge on any atom is 0.000252 e. The van der Waals surface area contributed by atoms with Crippen LogP contribution < -0.4 is 5.32 Å². The summed E-state index contributed by atoms with van der Waals surface area (Å²) >= 11 is 0. The molecule has 0 fully saturated rings. The van der Waals surface area contributed by atoms with Gasteiger partial charge in [0, 0.05) is 6.54 Å². The highest BCUT2D eigenvalue weighted by atomic mass is 15.1. The number of hydrogen-bond donors (Lipinski definition) is 1. The van der Waals surface area contributed by atoms with Crippen molar-refractivity contribution in [3.63, 3.8) is 0 Å². The Morgan fingerprint density at radius 3 is 2.31 bits per heavy atom. The van der Waals surface area contributed by atoms with Crippen LogP contribution in [0.3, 0.4) is 0 Å². The van der Waals surface area contributed by atoms with E-state index < -0.39 is 0 Å². The van der Waals surface area contributed by atoms with Crippen molar-refractivity contribution in [2.45, 2.75) is 52.9 Å². The van der Waals surface area contributed by atoms with Gasteiger partial charge in [-0.1, -0.05) is 40.0 Å². The summed E-state index contributed by atoms with van der Waals surface area (Å²) in [4.78, 5) is 2.24. The number of hydrogen-bond acceptors (Lipinski definition) is 2. The number of nitrogens with one attached hydrogen (secondary N) is 1. The van der Waals surface area contributed by atoms with Crippen molar-refractivity contribution in [3.8, 4) is 0 Å². The summed E-state index contributed by atoms with van der Waals surface area (Å²) in [6, 6.07) is 0. The summed E-state index contributed by atoms with van der Waals surface area (Å²) < 4.78 is 0. The Labute approximate surface area is 103 Å². The van der Waals surface area contributed by atoms with E-state index in [1.54, 1.807) is 0 Å². The van der Waals surface area contributed by atoms with E-state index in [0.717, 1.165) is 13.1 Å². The fourth-order valence-electron chi connectivity index (χ4n) is 1.89. The zero-order valence-corrected chi connectivity index (χ0v) is 12.1. The minimum absolute atomic E-state index is 0.466. The second kappa shape index (κ2) is 9.00. The Morgan fingerprint density at radius 2 is 1.75 bits per heavy atom. The molecule has 0 amide bonds. The number of nitrogens with zero attached hydrogens (tertiary/aromatic N) is 1. The van der Waals surface area contributed by atoms with Crippen LogP contribution in [0.2, 0.25) is 0 Å². The molecule has 0 rings (SSSR count). The standard InChI is InChI=1S/C14H32N2/c1-6-7-8-10-14(2,3)13-15-11-9-12-16(4)5/h15H,6-13H2,1-5H3. The monoisotopic (exact) mass is 228 g/mol. The van der Waals surface area contributed by atoms with Gasteiger partial charge in [-0.25, -0.2) is 0 Å². The Kier molecular flexibility index (Phi) is 8.96. The van der Waals surface area contributed by atoms with Gasteiger partial charge in [-0.15, -0.1) is 0 Å². The van der Waals surface area contributed by atoms with E-state index in [1.807, 2.05) is 0 Å². The van der Waals surface area contributed by atoms with E-state index in [4.69, 9.17) is 0 Å². The van der Waals surface area contributed by atoms with Gasteiger partial charge in [0.25, 0.3) is 0 Å². The highest BCUT2D eigenvalue weighted by Crippen LogP contribution is 2.22. The zero-order chi connectivity index (χ0) is 12.4. The molecule has 16 heavy (non-hydrogen) atoms. The second-order valence-corrected chi connectivity index (χ2v) is 5.95. The molecule has 0 unspecified atom stereocenters. The lowest BCUT2D eigenvalue weighted by molar-refractivity contribution is 0.298. The molecule has 0 atom stereocenters. The lowest BCUT2D eigenvalue weighted by Crippen LogP contribution is -2.31. The molecular weight excluding hydrogens is 196 g/mol. The van der Waals surface area contributed by atoms with Gasteiger partial charge in [0.1, 0.15) is 0 Å². The van der Waals surface area contributed by atoms with E-state index in [-0.39, 0.29) is 0 Å². The molecule has 2 nitrogen and oxygen atoms in total. The van der Waals surface area contributed by atoms with E-state index >= 15 is 0 Å². The summed E-state index contributed by atoms with van der Waals surface area (Å²) in [5.41, 5.74) is 0.466. The highest BCUT2D eigenvalue weighted by molar-refractivity contribution is 4.71. The first-order chi connectivity index (χ1) is 7.48. The van der Waals surface area contributed by atoms with Crippen LogP contribution in [0.5, 0.6) is 0 Å². The first-order valence-corrected chi connectivity index (χ1v) is 6.83. The first kappa shape index (κ1) is 15.9. The third kappa shape index (κ3) is 10.4. The number of unbranched alkanes of at least 4 members (excludes halogenated alkanes) is 2. The molecular formula is C14H32N2. The maximum atomic E-state index is 3.58. The minimum Gasteiger partial charge on any atom is -0.316 e. The van der Waals surface area contributed by atoms with Gasteiger partial charge in [0.15, 0.2) is 0 Å². The van der Waals surface area contributed by atoms with Gasteiger partial charge < -0.3 is 10.2 Å². The van der Waals surface area contributed by atoms with Crippen molar-refractivity contribution in [2.24, 2.45) is 5.41 Å². The van der Waals surface area contributed by atoms with Crippen LogP contribution in [0.4, 0.5) is 0 Å². The van der Waals surface area contributed by atoms with Crippen molar-refractivity contribution in [1.29, 1.82) is 0 Å². The molecule has 0 heterocycles. The summed E-state index contributed by atoms with van der Waals surface area (Å²) in [7, 11) is 4.27.